The first-order valence-corrected chi connectivity index (χ1v) is 7.83. The fourth-order valence-corrected chi connectivity index (χ4v) is 2.60. The summed E-state index contributed by atoms with van der Waals surface area (Å²) in [6.45, 7) is 4.04. The first-order valence-electron chi connectivity index (χ1n) is 7.83. The van der Waals surface area contributed by atoms with Crippen molar-refractivity contribution in [2.24, 2.45) is 0 Å². The molecule has 1 aromatic carbocycles. The van der Waals surface area contributed by atoms with Crippen molar-refractivity contribution in [3.8, 4) is 0 Å². The summed E-state index contributed by atoms with van der Waals surface area (Å²) in [5, 5.41) is 2.68. The molecule has 0 saturated carbocycles. The number of amides is 2. The quantitative estimate of drug-likeness (QED) is 0.836. The Morgan fingerprint density at radius 2 is 1.67 bits per heavy atom. The van der Waals surface area contributed by atoms with Crippen molar-refractivity contribution in [2.45, 2.75) is 6.92 Å². The van der Waals surface area contributed by atoms with Gasteiger partial charge in [-0.1, -0.05) is 18.2 Å². The molecule has 7 nitrogen and oxygen atoms in total. The van der Waals surface area contributed by atoms with E-state index in [2.05, 4.69) is 15.3 Å². The first kappa shape index (κ1) is 15.9. The molecule has 0 unspecified atom stereocenters. The maximum Gasteiger partial charge on any atom is 0.313 e. The molecule has 7 heteroatoms. The molecule has 0 atom stereocenters. The predicted octanol–water partition coefficient (Wildman–Crippen LogP) is 1.07. The summed E-state index contributed by atoms with van der Waals surface area (Å²) in [6, 6.07) is 9.15. The molecule has 0 spiro atoms. The van der Waals surface area contributed by atoms with Crippen LogP contribution in [-0.4, -0.2) is 52.9 Å². The van der Waals surface area contributed by atoms with Crippen LogP contribution in [0.3, 0.4) is 0 Å². The van der Waals surface area contributed by atoms with E-state index in [9.17, 15) is 9.59 Å². The van der Waals surface area contributed by atoms with Crippen LogP contribution in [0.25, 0.3) is 0 Å². The number of hydrogen-bond acceptors (Lipinski definition) is 5. The Hall–Kier alpha value is -2.96. The number of carbonyl (C=O) groups is 2. The van der Waals surface area contributed by atoms with Crippen molar-refractivity contribution in [1.29, 1.82) is 0 Å². The summed E-state index contributed by atoms with van der Waals surface area (Å²) in [5.41, 5.74) is 1.58. The van der Waals surface area contributed by atoms with Crippen LogP contribution < -0.4 is 10.2 Å². The van der Waals surface area contributed by atoms with Gasteiger partial charge in [-0.3, -0.25) is 9.59 Å². The molecule has 124 valence electrons. The summed E-state index contributed by atoms with van der Waals surface area (Å²) in [6.07, 6.45) is 3.38. The van der Waals surface area contributed by atoms with E-state index in [0.29, 0.717) is 37.8 Å². The van der Waals surface area contributed by atoms with E-state index in [0.717, 1.165) is 5.56 Å². The van der Waals surface area contributed by atoms with Crippen molar-refractivity contribution in [1.82, 2.24) is 14.9 Å². The van der Waals surface area contributed by atoms with E-state index in [1.165, 1.54) is 0 Å². The molecular weight excluding hydrogens is 306 g/mol. The second kappa shape index (κ2) is 7.08. The van der Waals surface area contributed by atoms with Crippen molar-refractivity contribution in [2.75, 3.05) is 36.4 Å². The molecule has 1 aromatic heterocycles. The Labute approximate surface area is 140 Å². The van der Waals surface area contributed by atoms with Crippen LogP contribution in [0.5, 0.6) is 0 Å². The van der Waals surface area contributed by atoms with Crippen LogP contribution in [0.2, 0.25) is 0 Å². The number of aryl methyl sites for hydroxylation is 1. The van der Waals surface area contributed by atoms with Gasteiger partial charge in [0.2, 0.25) is 5.95 Å². The van der Waals surface area contributed by atoms with Crippen LogP contribution in [-0.2, 0) is 9.59 Å². The predicted molar refractivity (Wildman–Crippen MR) is 90.6 cm³/mol. The third-order valence-electron chi connectivity index (χ3n) is 3.99. The number of aromatic nitrogens is 2. The smallest absolute Gasteiger partial charge is 0.313 e. The molecule has 24 heavy (non-hydrogen) atoms. The lowest BCUT2D eigenvalue weighted by atomic mass is 10.2. The molecule has 0 aliphatic carbocycles. The number of para-hydroxylation sites is 1. The van der Waals surface area contributed by atoms with Gasteiger partial charge in [0.1, 0.15) is 0 Å². The second-order valence-electron chi connectivity index (χ2n) is 5.60. The molecule has 0 radical (unpaired) electrons. The molecular formula is C17H19N5O2. The van der Waals surface area contributed by atoms with Gasteiger partial charge in [-0.25, -0.2) is 9.97 Å². The van der Waals surface area contributed by atoms with Gasteiger partial charge in [0.15, 0.2) is 0 Å². The van der Waals surface area contributed by atoms with Crippen LogP contribution in [0.1, 0.15) is 5.56 Å². The number of rotatable bonds is 2. The number of hydrogen-bond donors (Lipinski definition) is 1. The normalized spacial score (nSPS) is 14.4. The Balaban J connectivity index is 1.57. The molecule has 1 N–H and O–H groups in total. The lowest BCUT2D eigenvalue weighted by Gasteiger charge is -2.34. The molecule has 0 bridgehead atoms. The Bertz CT molecular complexity index is 727. The zero-order valence-corrected chi connectivity index (χ0v) is 13.5. The molecule has 1 fully saturated rings. The van der Waals surface area contributed by atoms with Gasteiger partial charge in [-0.05, 0) is 24.6 Å². The number of carbonyl (C=O) groups excluding carboxylic acids is 2. The SMILES string of the molecule is Cc1ccccc1NC(=O)C(=O)N1CCN(c2ncccn2)CC1. The van der Waals surface area contributed by atoms with E-state index in [1.54, 1.807) is 29.4 Å². The molecule has 2 heterocycles. The first-order chi connectivity index (χ1) is 11.6. The number of benzene rings is 1. The number of piperazine rings is 1. The fourth-order valence-electron chi connectivity index (χ4n) is 2.60. The van der Waals surface area contributed by atoms with Crippen molar-refractivity contribution in [3.63, 3.8) is 0 Å². The standard InChI is InChI=1S/C17H19N5O2/c1-13-5-2-3-6-14(13)20-15(23)16(24)21-9-11-22(12-10-21)17-18-7-4-8-19-17/h2-8H,9-12H2,1H3,(H,20,23). The third kappa shape index (κ3) is 3.51. The van der Waals surface area contributed by atoms with Gasteiger partial charge < -0.3 is 15.1 Å². The molecule has 1 aliphatic rings. The van der Waals surface area contributed by atoms with Crippen LogP contribution >= 0.6 is 0 Å². The average Bonchev–Trinajstić information content (AvgIpc) is 2.64. The summed E-state index contributed by atoms with van der Waals surface area (Å²) < 4.78 is 0. The highest BCUT2D eigenvalue weighted by molar-refractivity contribution is 6.39. The molecule has 1 saturated heterocycles. The molecule has 2 aromatic rings. The monoisotopic (exact) mass is 325 g/mol. The Morgan fingerprint density at radius 1 is 1.00 bits per heavy atom. The highest BCUT2D eigenvalue weighted by Gasteiger charge is 2.27. The lowest BCUT2D eigenvalue weighted by Crippen LogP contribution is -2.52. The summed E-state index contributed by atoms with van der Waals surface area (Å²) in [4.78, 5) is 36.5. The van der Waals surface area contributed by atoms with Gasteiger partial charge in [0.25, 0.3) is 0 Å². The summed E-state index contributed by atoms with van der Waals surface area (Å²) >= 11 is 0. The maximum absolute atomic E-state index is 12.3. The molecule has 3 rings (SSSR count). The van der Waals surface area contributed by atoms with Gasteiger partial charge in [-0.15, -0.1) is 0 Å². The molecule has 1 aliphatic heterocycles. The number of nitrogens with one attached hydrogen (secondary N) is 1. The second-order valence-corrected chi connectivity index (χ2v) is 5.60. The third-order valence-corrected chi connectivity index (χ3v) is 3.99. The van der Waals surface area contributed by atoms with E-state index in [1.807, 2.05) is 30.0 Å². The Kier molecular flexibility index (Phi) is 4.69. The van der Waals surface area contributed by atoms with E-state index in [4.69, 9.17) is 0 Å². The lowest BCUT2D eigenvalue weighted by molar-refractivity contribution is -0.143. The number of anilines is 2. The zero-order valence-electron chi connectivity index (χ0n) is 13.5. The minimum absolute atomic E-state index is 0.471. The summed E-state index contributed by atoms with van der Waals surface area (Å²) in [7, 11) is 0. The highest BCUT2D eigenvalue weighted by atomic mass is 16.2. The van der Waals surface area contributed by atoms with Gasteiger partial charge in [-0.2, -0.15) is 0 Å². The van der Waals surface area contributed by atoms with Crippen molar-refractivity contribution < 1.29 is 9.59 Å². The number of nitrogens with zero attached hydrogens (tertiary/aromatic N) is 4. The highest BCUT2D eigenvalue weighted by Crippen LogP contribution is 2.14. The molecule has 2 amide bonds. The van der Waals surface area contributed by atoms with Crippen LogP contribution in [0.4, 0.5) is 11.6 Å². The minimum atomic E-state index is -0.603. The minimum Gasteiger partial charge on any atom is -0.337 e. The van der Waals surface area contributed by atoms with Crippen molar-refractivity contribution >= 4 is 23.5 Å². The average molecular weight is 325 g/mol. The van der Waals surface area contributed by atoms with E-state index in [-0.39, 0.29) is 0 Å². The zero-order chi connectivity index (χ0) is 16.9. The van der Waals surface area contributed by atoms with Gasteiger partial charge in [0, 0.05) is 44.3 Å². The van der Waals surface area contributed by atoms with Gasteiger partial charge in [0.05, 0.1) is 0 Å². The van der Waals surface area contributed by atoms with E-state index < -0.39 is 11.8 Å². The van der Waals surface area contributed by atoms with Gasteiger partial charge >= 0.3 is 11.8 Å². The van der Waals surface area contributed by atoms with Crippen LogP contribution in [0, 0.1) is 6.92 Å². The van der Waals surface area contributed by atoms with E-state index >= 15 is 0 Å². The largest absolute Gasteiger partial charge is 0.337 e. The Morgan fingerprint density at radius 3 is 2.33 bits per heavy atom. The topological polar surface area (TPSA) is 78.4 Å². The maximum atomic E-state index is 12.3. The fraction of sp³-hybridized carbons (Fsp3) is 0.294. The summed E-state index contributed by atoms with van der Waals surface area (Å²) in [5.74, 6) is -0.463. The van der Waals surface area contributed by atoms with Crippen LogP contribution in [0.15, 0.2) is 42.7 Å². The van der Waals surface area contributed by atoms with Crippen molar-refractivity contribution in [3.05, 3.63) is 48.3 Å².